The maximum Gasteiger partial charge on any atom is 0.251 e. The number of carbonyl (C=O) groups is 1. The molecule has 0 saturated carbocycles. The summed E-state index contributed by atoms with van der Waals surface area (Å²) in [5.74, 6) is -0.435. The van der Waals surface area contributed by atoms with Crippen molar-refractivity contribution < 1.29 is 9.18 Å². The minimum atomic E-state index is -0.280. The van der Waals surface area contributed by atoms with E-state index in [-0.39, 0.29) is 17.8 Å². The summed E-state index contributed by atoms with van der Waals surface area (Å²) in [6, 6.07) is 13.5. The van der Waals surface area contributed by atoms with Crippen LogP contribution in [0.15, 0.2) is 48.5 Å². The van der Waals surface area contributed by atoms with E-state index >= 15 is 0 Å². The SMILES string of the molecule is CN(C)C(CNC(=O)c1ccc(CN)cc1)c1cccc(F)c1. The molecule has 23 heavy (non-hydrogen) atoms. The average Bonchev–Trinajstić information content (AvgIpc) is 2.54. The largest absolute Gasteiger partial charge is 0.350 e. The molecular weight excluding hydrogens is 293 g/mol. The molecule has 122 valence electrons. The van der Waals surface area contributed by atoms with Crippen LogP contribution in [0.4, 0.5) is 4.39 Å². The molecule has 0 fully saturated rings. The van der Waals surface area contributed by atoms with Gasteiger partial charge in [-0.15, -0.1) is 0 Å². The molecule has 2 rings (SSSR count). The molecular formula is C18H22FN3O. The normalized spacial score (nSPS) is 12.2. The summed E-state index contributed by atoms with van der Waals surface area (Å²) < 4.78 is 13.4. The topological polar surface area (TPSA) is 58.4 Å². The van der Waals surface area contributed by atoms with Crippen molar-refractivity contribution in [2.45, 2.75) is 12.6 Å². The lowest BCUT2D eigenvalue weighted by Gasteiger charge is -2.25. The zero-order valence-electron chi connectivity index (χ0n) is 13.4. The summed E-state index contributed by atoms with van der Waals surface area (Å²) in [6.07, 6.45) is 0. The second-order valence-electron chi connectivity index (χ2n) is 5.65. The molecule has 5 heteroatoms. The van der Waals surface area contributed by atoms with Crippen LogP contribution in [0, 0.1) is 5.82 Å². The molecule has 0 saturated heterocycles. The second kappa shape index (κ2) is 7.85. The van der Waals surface area contributed by atoms with E-state index in [1.165, 1.54) is 12.1 Å². The van der Waals surface area contributed by atoms with E-state index < -0.39 is 0 Å². The Balaban J connectivity index is 2.04. The molecule has 0 aliphatic heterocycles. The number of likely N-dealkylation sites (N-methyl/N-ethyl adjacent to an activating group) is 1. The molecule has 1 unspecified atom stereocenters. The van der Waals surface area contributed by atoms with E-state index in [1.807, 2.05) is 37.2 Å². The van der Waals surface area contributed by atoms with Gasteiger partial charge < -0.3 is 16.0 Å². The number of nitrogens with zero attached hydrogens (tertiary/aromatic N) is 1. The highest BCUT2D eigenvalue weighted by atomic mass is 19.1. The first-order chi connectivity index (χ1) is 11.0. The van der Waals surface area contributed by atoms with Gasteiger partial charge >= 0.3 is 0 Å². The first kappa shape index (κ1) is 17.1. The molecule has 0 aliphatic rings. The highest BCUT2D eigenvalue weighted by Gasteiger charge is 2.16. The van der Waals surface area contributed by atoms with Crippen LogP contribution < -0.4 is 11.1 Å². The molecule has 2 aromatic carbocycles. The summed E-state index contributed by atoms with van der Waals surface area (Å²) >= 11 is 0. The molecule has 1 atom stereocenters. The van der Waals surface area contributed by atoms with E-state index in [9.17, 15) is 9.18 Å². The summed E-state index contributed by atoms with van der Waals surface area (Å²) in [5, 5.41) is 2.90. The molecule has 0 bridgehead atoms. The van der Waals surface area contributed by atoms with Crippen molar-refractivity contribution in [2.75, 3.05) is 20.6 Å². The van der Waals surface area contributed by atoms with Crippen LogP contribution in [0.3, 0.4) is 0 Å². The minimum Gasteiger partial charge on any atom is -0.350 e. The monoisotopic (exact) mass is 315 g/mol. The zero-order valence-corrected chi connectivity index (χ0v) is 13.4. The lowest BCUT2D eigenvalue weighted by Crippen LogP contribution is -2.34. The first-order valence-corrected chi connectivity index (χ1v) is 7.50. The lowest BCUT2D eigenvalue weighted by molar-refractivity contribution is 0.0942. The van der Waals surface area contributed by atoms with Crippen molar-refractivity contribution in [2.24, 2.45) is 5.73 Å². The van der Waals surface area contributed by atoms with Gasteiger partial charge in [0, 0.05) is 18.7 Å². The molecule has 0 aromatic heterocycles. The summed E-state index contributed by atoms with van der Waals surface area (Å²) in [6.45, 7) is 0.845. The van der Waals surface area contributed by atoms with E-state index in [2.05, 4.69) is 5.32 Å². The third-order valence-electron chi connectivity index (χ3n) is 3.76. The maximum absolute atomic E-state index is 13.4. The standard InChI is InChI=1S/C18H22FN3O/c1-22(2)17(15-4-3-5-16(19)10-15)12-21-18(23)14-8-6-13(11-20)7-9-14/h3-10,17H,11-12,20H2,1-2H3,(H,21,23). The van der Waals surface area contributed by atoms with Gasteiger partial charge in [0.1, 0.15) is 5.82 Å². The lowest BCUT2D eigenvalue weighted by atomic mass is 10.1. The molecule has 0 heterocycles. The van der Waals surface area contributed by atoms with Gasteiger partial charge in [0.15, 0.2) is 0 Å². The molecule has 1 amide bonds. The summed E-state index contributed by atoms with van der Waals surface area (Å²) in [5.41, 5.74) is 7.94. The number of hydrogen-bond acceptors (Lipinski definition) is 3. The van der Waals surface area contributed by atoms with Gasteiger partial charge in [-0.2, -0.15) is 0 Å². The summed E-state index contributed by atoms with van der Waals surface area (Å²) in [4.78, 5) is 14.2. The fourth-order valence-corrected chi connectivity index (χ4v) is 2.40. The maximum atomic E-state index is 13.4. The quantitative estimate of drug-likeness (QED) is 0.860. The molecule has 4 nitrogen and oxygen atoms in total. The number of benzene rings is 2. The van der Waals surface area contributed by atoms with Gasteiger partial charge in [-0.05, 0) is 49.5 Å². The van der Waals surface area contributed by atoms with Gasteiger partial charge in [0.25, 0.3) is 5.91 Å². The highest BCUT2D eigenvalue weighted by molar-refractivity contribution is 5.94. The van der Waals surface area contributed by atoms with Gasteiger partial charge in [-0.25, -0.2) is 4.39 Å². The zero-order chi connectivity index (χ0) is 16.8. The molecule has 0 radical (unpaired) electrons. The first-order valence-electron chi connectivity index (χ1n) is 7.50. The van der Waals surface area contributed by atoms with Crippen LogP contribution >= 0.6 is 0 Å². The van der Waals surface area contributed by atoms with Crippen molar-refractivity contribution in [3.8, 4) is 0 Å². The van der Waals surface area contributed by atoms with Gasteiger partial charge in [0.2, 0.25) is 0 Å². The predicted octanol–water partition coefficient (Wildman–Crippen LogP) is 2.32. The van der Waals surface area contributed by atoms with Gasteiger partial charge in [0.05, 0.1) is 6.04 Å². The number of amides is 1. The van der Waals surface area contributed by atoms with Crippen LogP contribution in [0.2, 0.25) is 0 Å². The Kier molecular flexibility index (Phi) is 5.84. The van der Waals surface area contributed by atoms with Crippen molar-refractivity contribution in [1.29, 1.82) is 0 Å². The number of halogens is 1. The number of nitrogens with two attached hydrogens (primary N) is 1. The predicted molar refractivity (Wildman–Crippen MR) is 89.5 cm³/mol. The Morgan fingerprint density at radius 1 is 1.22 bits per heavy atom. The Hall–Kier alpha value is -2.24. The van der Waals surface area contributed by atoms with E-state index in [1.54, 1.807) is 18.2 Å². The second-order valence-corrected chi connectivity index (χ2v) is 5.65. The van der Waals surface area contributed by atoms with Crippen LogP contribution in [0.1, 0.15) is 27.5 Å². The smallest absolute Gasteiger partial charge is 0.251 e. The van der Waals surface area contributed by atoms with Crippen molar-refractivity contribution in [3.63, 3.8) is 0 Å². The molecule has 2 aromatic rings. The fourth-order valence-electron chi connectivity index (χ4n) is 2.40. The van der Waals surface area contributed by atoms with Gasteiger partial charge in [-0.1, -0.05) is 24.3 Å². The third-order valence-corrected chi connectivity index (χ3v) is 3.76. The van der Waals surface area contributed by atoms with Crippen LogP contribution in [0.25, 0.3) is 0 Å². The molecule has 3 N–H and O–H groups in total. The Bertz CT molecular complexity index is 656. The molecule has 0 aliphatic carbocycles. The number of rotatable bonds is 6. The minimum absolute atomic E-state index is 0.0991. The van der Waals surface area contributed by atoms with Crippen molar-refractivity contribution in [3.05, 3.63) is 71.0 Å². The summed E-state index contributed by atoms with van der Waals surface area (Å²) in [7, 11) is 3.80. The van der Waals surface area contributed by atoms with Crippen molar-refractivity contribution >= 4 is 5.91 Å². The van der Waals surface area contributed by atoms with E-state index in [0.717, 1.165) is 11.1 Å². The molecule has 0 spiro atoms. The number of nitrogens with one attached hydrogen (secondary N) is 1. The Morgan fingerprint density at radius 3 is 2.48 bits per heavy atom. The van der Waals surface area contributed by atoms with Crippen LogP contribution in [-0.4, -0.2) is 31.4 Å². The van der Waals surface area contributed by atoms with Crippen molar-refractivity contribution in [1.82, 2.24) is 10.2 Å². The average molecular weight is 315 g/mol. The Labute approximate surface area is 136 Å². The highest BCUT2D eigenvalue weighted by Crippen LogP contribution is 2.18. The number of hydrogen-bond donors (Lipinski definition) is 2. The fraction of sp³-hybridized carbons (Fsp3) is 0.278. The van der Waals surface area contributed by atoms with Crippen LogP contribution in [-0.2, 0) is 6.54 Å². The number of carbonyl (C=O) groups excluding carboxylic acids is 1. The Morgan fingerprint density at radius 2 is 1.91 bits per heavy atom. The third kappa shape index (κ3) is 4.61. The van der Waals surface area contributed by atoms with E-state index in [4.69, 9.17) is 5.73 Å². The van der Waals surface area contributed by atoms with E-state index in [0.29, 0.717) is 18.7 Å². The van der Waals surface area contributed by atoms with Gasteiger partial charge in [-0.3, -0.25) is 4.79 Å². The van der Waals surface area contributed by atoms with Crippen LogP contribution in [0.5, 0.6) is 0 Å².